The summed E-state index contributed by atoms with van der Waals surface area (Å²) in [6.45, 7) is 100. The van der Waals surface area contributed by atoms with Crippen LogP contribution in [-0.2, 0) is 9.47 Å². The molecule has 13 heterocycles. The summed E-state index contributed by atoms with van der Waals surface area (Å²) in [5, 5.41) is 10.2. The summed E-state index contributed by atoms with van der Waals surface area (Å²) in [6, 6.07) is 5.31. The molecule has 13 saturated heterocycles. The Morgan fingerprint density at radius 1 is 0.311 bits per heavy atom. The highest BCUT2D eigenvalue weighted by Crippen LogP contribution is 2.64. The molecular formula is C105H209F6N19O2. The van der Waals surface area contributed by atoms with Gasteiger partial charge in [-0.15, -0.1) is 0 Å². The van der Waals surface area contributed by atoms with Crippen molar-refractivity contribution in [1.82, 2.24) is 84.5 Å². The quantitative estimate of drug-likeness (QED) is 0.105. The van der Waals surface area contributed by atoms with Gasteiger partial charge in [0.05, 0.1) is 62.7 Å². The first-order chi connectivity index (χ1) is 60.9. The number of likely N-dealkylation sites (tertiary alicyclic amines) is 8. The van der Waals surface area contributed by atoms with Crippen LogP contribution in [0.25, 0.3) is 0 Å². The second-order valence-corrected chi connectivity index (χ2v) is 52.0. The van der Waals surface area contributed by atoms with Crippen molar-refractivity contribution in [3.05, 3.63) is 0 Å². The van der Waals surface area contributed by atoms with Crippen molar-refractivity contribution in [3.63, 3.8) is 0 Å². The molecule has 25 atom stereocenters. The smallest absolute Gasteiger partial charge is 0.118 e. The molecule has 7 N–H and O–H groups in total. The van der Waals surface area contributed by atoms with E-state index in [4.69, 9.17) is 20.9 Å². The molecule has 0 aromatic carbocycles. The van der Waals surface area contributed by atoms with E-state index in [1.54, 1.807) is 0 Å². The highest BCUT2D eigenvalue weighted by molar-refractivity contribution is 5.22. The number of hydrogen-bond donors (Lipinski definition) is 5. The van der Waals surface area contributed by atoms with Crippen LogP contribution in [-0.4, -0.2) is 444 Å². The van der Waals surface area contributed by atoms with Crippen molar-refractivity contribution in [1.29, 1.82) is 0 Å². The first-order valence-corrected chi connectivity index (χ1v) is 53.0. The van der Waals surface area contributed by atoms with E-state index in [9.17, 15) is 26.3 Å². The van der Waals surface area contributed by atoms with Gasteiger partial charge in [0.1, 0.15) is 37.0 Å². The number of halogens is 6. The number of nitrogens with two attached hydrogens (primary N) is 2. The summed E-state index contributed by atoms with van der Waals surface area (Å²) in [4.78, 5) is 33.8. The Morgan fingerprint density at radius 3 is 0.795 bits per heavy atom. The number of nitrogens with zero attached hydrogens (tertiary/aromatic N) is 14. The summed E-state index contributed by atoms with van der Waals surface area (Å²) in [7, 11) is 4.02. The minimum absolute atomic E-state index is 0.0181. The Bertz CT molecular complexity index is 3090. The van der Waals surface area contributed by atoms with Crippen LogP contribution < -0.4 is 27.4 Å². The maximum absolute atomic E-state index is 14.3. The minimum atomic E-state index is -0.751. The third-order valence-electron chi connectivity index (χ3n) is 32.5. The normalized spacial score (nSPS) is 38.0. The number of morpholine rings is 2. The Labute approximate surface area is 806 Å². The number of hydrogen-bond acceptors (Lipinski definition) is 21. The van der Waals surface area contributed by atoms with Gasteiger partial charge in [0, 0.05) is 261 Å². The lowest BCUT2D eigenvalue weighted by atomic mass is 9.86. The summed E-state index contributed by atoms with van der Waals surface area (Å²) in [5.74, 6) is 0.856. The molecule has 3 unspecified atom stereocenters. The molecule has 0 spiro atoms. The Hall–Kier alpha value is -1.26. The number of piperazine rings is 3. The fourth-order valence-electron chi connectivity index (χ4n) is 27.8. The summed E-state index contributed by atoms with van der Waals surface area (Å²) in [5.41, 5.74) is 13.4. The second kappa shape index (κ2) is 48.0. The van der Waals surface area contributed by atoms with Crippen molar-refractivity contribution in [2.24, 2.45) is 28.2 Å². The molecule has 15 fully saturated rings. The number of fused-ring (bicyclic) bond motifs is 2. The molecule has 0 bridgehead atoms. The van der Waals surface area contributed by atoms with E-state index in [1.165, 1.54) is 52.0 Å². The molecule has 0 aromatic rings. The molecule has 15 aliphatic rings. The van der Waals surface area contributed by atoms with Gasteiger partial charge in [0.25, 0.3) is 0 Å². The van der Waals surface area contributed by atoms with Crippen LogP contribution in [0.1, 0.15) is 286 Å². The van der Waals surface area contributed by atoms with E-state index in [2.05, 4.69) is 313 Å². The number of alkyl halides is 6. The standard InChI is InChI=1S/C16H31N3.2C14H28FN3.2C14H27FN2O.C12H25FN2.C11H22N2.C10H21FN2/c1-12-13(11-18-8-6-17-7-9-18)16(5)10-14(16)19(12)15(2,3)4;2*1-11-9-12(15)13(18(11)14(2,3)4)10-17-7-5-16-6-8-17;2*1-11-9-12(15)13(17(11)14(2,3)4)10-16-5-7-18-8-6-16;1-9-7-10(13)11(8-14(5)6)15(9)12(2,3)4;1-8-5-11(7-12)6-9(11)13(8)10(2,3)4;1-7-5-8(11)9(6-12)13(7)10(2,3)4/h12-14,17H,6-11H2,1-5H3;2*11-13,16H,5-10H2,1-4H3;2*11-13H,5-10H2,1-4H3;9-11H,7-8H2,1-6H3;8-9H,5-7,12H2,1-4H3;7-9H,5-6,12H2,1-4H3/t12-,13?,14-,16-;11-,12-,13+;11-,12-,13-;11-,12-,13+;11-,12-,13-;9-,10-,11-;8-,9?,11?;7-,8-,9-/m11111111/s1. The summed E-state index contributed by atoms with van der Waals surface area (Å²) < 4.78 is 95.3. The van der Waals surface area contributed by atoms with Crippen molar-refractivity contribution in [3.8, 4) is 0 Å². The van der Waals surface area contributed by atoms with E-state index < -0.39 is 37.0 Å². The number of rotatable bonds is 14. The molecule has 132 heavy (non-hydrogen) atoms. The monoisotopic (exact) mass is 1880 g/mol. The first-order valence-electron chi connectivity index (χ1n) is 53.0. The Morgan fingerprint density at radius 2 is 0.561 bits per heavy atom. The van der Waals surface area contributed by atoms with E-state index >= 15 is 0 Å². The molecule has 21 nitrogen and oxygen atoms in total. The van der Waals surface area contributed by atoms with Crippen LogP contribution in [0.2, 0.25) is 0 Å². The lowest BCUT2D eigenvalue weighted by molar-refractivity contribution is 0.00149. The van der Waals surface area contributed by atoms with Crippen LogP contribution >= 0.6 is 0 Å². The van der Waals surface area contributed by atoms with E-state index in [0.29, 0.717) is 103 Å². The average molecular weight is 1880 g/mol. The van der Waals surface area contributed by atoms with Gasteiger partial charge in [-0.25, -0.2) is 26.3 Å². The van der Waals surface area contributed by atoms with Crippen molar-refractivity contribution < 1.29 is 35.8 Å². The molecule has 27 heteroatoms. The third-order valence-corrected chi connectivity index (χ3v) is 32.5. The number of ether oxygens (including phenoxy) is 2. The van der Waals surface area contributed by atoms with Crippen LogP contribution in [0.3, 0.4) is 0 Å². The van der Waals surface area contributed by atoms with Crippen LogP contribution in [0.15, 0.2) is 0 Å². The average Bonchev–Trinajstić information content (AvgIpc) is 1.53. The van der Waals surface area contributed by atoms with Crippen molar-refractivity contribution in [2.45, 2.75) is 464 Å². The van der Waals surface area contributed by atoms with Gasteiger partial charge in [-0.3, -0.25) is 58.8 Å². The SMILES string of the molecule is C[C@@H]1C(CN2CCNCC2)[C@@]2(C)C[C@H]2N1C(C)(C)C.C[C@@H]1CC2(CN)CC2N1C(C)(C)C.C[C@@H]1C[C@@H](F)[C@@H](CN(C)C)N1C(C)(C)C.C[C@@H]1C[C@@H](F)[C@@H](CN)N1C(C)(C)C.C[C@@H]1C[C@@H](F)[C@@H](CN2CCNCC2)N1C(C)(C)C.C[C@@H]1C[C@@H](F)[C@@H](CN2CCOCC2)N1C(C)(C)C.C[C@@H]1C[C@@H](F)[C@H](CN2CCNCC2)N1C(C)(C)C.C[C@@H]1C[C@@H](F)[C@H](CN2CCOCC2)N1C(C)(C)C. The fourth-order valence-corrected chi connectivity index (χ4v) is 27.8. The lowest BCUT2D eigenvalue weighted by Crippen LogP contribution is -2.55. The zero-order valence-corrected chi connectivity index (χ0v) is 91.4. The summed E-state index contributed by atoms with van der Waals surface area (Å²) in [6.07, 6.45) is 3.94. The molecule has 778 valence electrons. The maximum Gasteiger partial charge on any atom is 0.118 e. The Balaban J connectivity index is 0.000000187. The van der Waals surface area contributed by atoms with Crippen LogP contribution in [0, 0.1) is 16.7 Å². The van der Waals surface area contributed by atoms with Gasteiger partial charge in [0.2, 0.25) is 0 Å². The number of nitrogens with one attached hydrogen (secondary N) is 3. The molecular weight excluding hydrogens is 1670 g/mol. The molecule has 13 aliphatic heterocycles. The number of likely N-dealkylation sites (N-methyl/N-ethyl adjacent to an activating group) is 1. The fraction of sp³-hybridized carbons (Fsp3) is 1.00. The van der Waals surface area contributed by atoms with E-state index in [-0.39, 0.29) is 69.5 Å². The Kier molecular flexibility index (Phi) is 42.1. The second-order valence-electron chi connectivity index (χ2n) is 52.0. The van der Waals surface area contributed by atoms with Gasteiger partial charge >= 0.3 is 0 Å². The van der Waals surface area contributed by atoms with Crippen LogP contribution in [0.4, 0.5) is 26.3 Å². The van der Waals surface area contributed by atoms with E-state index in [1.807, 2.05) is 14.1 Å². The molecule has 15 rings (SSSR count). The molecule has 2 saturated carbocycles. The highest BCUT2D eigenvalue weighted by Gasteiger charge is 2.68. The van der Waals surface area contributed by atoms with Crippen molar-refractivity contribution >= 4 is 0 Å². The van der Waals surface area contributed by atoms with Gasteiger partial charge in [-0.05, 0) is 311 Å². The first kappa shape index (κ1) is 116. The molecule has 0 amide bonds. The van der Waals surface area contributed by atoms with E-state index in [0.717, 1.165) is 174 Å². The topological polar surface area (TPSA) is 152 Å². The largest absolute Gasteiger partial charge is 0.379 e. The number of piperidine rings is 2. The summed E-state index contributed by atoms with van der Waals surface area (Å²) >= 11 is 0. The maximum atomic E-state index is 14.3. The van der Waals surface area contributed by atoms with Gasteiger partial charge < -0.3 is 46.7 Å². The molecule has 0 aromatic heterocycles. The zero-order chi connectivity index (χ0) is 99.1. The molecule has 0 radical (unpaired) electrons. The third kappa shape index (κ3) is 30.9. The highest BCUT2D eigenvalue weighted by atomic mass is 19.2. The van der Waals surface area contributed by atoms with Gasteiger partial charge in [-0.2, -0.15) is 0 Å². The lowest BCUT2D eigenvalue weighted by Gasteiger charge is -2.42. The van der Waals surface area contributed by atoms with Crippen molar-refractivity contribution in [2.75, 3.05) is 198 Å². The van der Waals surface area contributed by atoms with Gasteiger partial charge in [0.15, 0.2) is 0 Å². The predicted molar refractivity (Wildman–Crippen MR) is 543 cm³/mol. The minimum Gasteiger partial charge on any atom is -0.379 e. The van der Waals surface area contributed by atoms with Gasteiger partial charge in [-0.1, -0.05) is 6.92 Å². The van der Waals surface area contributed by atoms with Crippen LogP contribution in [0.5, 0.6) is 0 Å². The molecule has 2 aliphatic carbocycles. The zero-order valence-electron chi connectivity index (χ0n) is 91.4. The predicted octanol–water partition coefficient (Wildman–Crippen LogP) is 13.9.